The van der Waals surface area contributed by atoms with Crippen LogP contribution in [0.3, 0.4) is 0 Å². The third-order valence-electron chi connectivity index (χ3n) is 4.26. The van der Waals surface area contributed by atoms with Gasteiger partial charge in [-0.3, -0.25) is 4.79 Å². The number of thiazole rings is 1. The van der Waals surface area contributed by atoms with Crippen molar-refractivity contribution in [3.05, 3.63) is 16.1 Å². The van der Waals surface area contributed by atoms with Gasteiger partial charge in [0.1, 0.15) is 4.88 Å². The van der Waals surface area contributed by atoms with Gasteiger partial charge in [0.15, 0.2) is 0 Å². The number of aromatic nitrogens is 1. The fourth-order valence-electron chi connectivity index (χ4n) is 3.18. The molecule has 0 aromatic carbocycles. The molecule has 1 aromatic heterocycles. The van der Waals surface area contributed by atoms with Crippen molar-refractivity contribution in [1.82, 2.24) is 15.2 Å². The smallest absolute Gasteiger partial charge is 0.265 e. The number of rotatable bonds is 2. The van der Waals surface area contributed by atoms with E-state index in [1.807, 2.05) is 18.9 Å². The molecule has 0 aliphatic carbocycles. The molecule has 3 rings (SSSR count). The molecule has 2 aliphatic rings. The summed E-state index contributed by atoms with van der Waals surface area (Å²) < 4.78 is 0. The van der Waals surface area contributed by atoms with E-state index in [1.165, 1.54) is 24.2 Å². The standard InChI is InChI=1S/C13H19N3OS/c1-8-12(18-7-14-8)13(17)16(2)11-5-9-3-4-10(6-11)15-9/h7,9-11,15H,3-6H2,1-2H3. The average Bonchev–Trinajstić information content (AvgIpc) is 2.93. The number of hydrogen-bond donors (Lipinski definition) is 1. The number of nitrogens with one attached hydrogen (secondary N) is 1. The first-order chi connectivity index (χ1) is 8.65. The topological polar surface area (TPSA) is 45.2 Å². The Balaban J connectivity index is 1.73. The lowest BCUT2D eigenvalue weighted by molar-refractivity contribution is 0.0685. The van der Waals surface area contributed by atoms with Crippen LogP contribution in [0.1, 0.15) is 41.0 Å². The van der Waals surface area contributed by atoms with E-state index >= 15 is 0 Å². The van der Waals surface area contributed by atoms with Gasteiger partial charge < -0.3 is 10.2 Å². The van der Waals surface area contributed by atoms with Gasteiger partial charge in [0.05, 0.1) is 11.2 Å². The van der Waals surface area contributed by atoms with Crippen molar-refractivity contribution in [3.63, 3.8) is 0 Å². The zero-order chi connectivity index (χ0) is 12.7. The minimum atomic E-state index is 0.140. The molecule has 98 valence electrons. The summed E-state index contributed by atoms with van der Waals surface area (Å²) in [7, 11) is 1.94. The van der Waals surface area contributed by atoms with Crippen LogP contribution in [0.2, 0.25) is 0 Å². The van der Waals surface area contributed by atoms with Crippen molar-refractivity contribution < 1.29 is 4.79 Å². The van der Waals surface area contributed by atoms with Gasteiger partial charge >= 0.3 is 0 Å². The first-order valence-electron chi connectivity index (χ1n) is 6.58. The molecule has 1 aromatic rings. The highest BCUT2D eigenvalue weighted by molar-refractivity contribution is 7.11. The van der Waals surface area contributed by atoms with Crippen LogP contribution >= 0.6 is 11.3 Å². The van der Waals surface area contributed by atoms with E-state index in [2.05, 4.69) is 10.3 Å². The Labute approximate surface area is 111 Å². The molecule has 0 saturated carbocycles. The maximum Gasteiger partial charge on any atom is 0.265 e. The highest BCUT2D eigenvalue weighted by Crippen LogP contribution is 2.30. The summed E-state index contributed by atoms with van der Waals surface area (Å²) >= 11 is 1.45. The van der Waals surface area contributed by atoms with E-state index in [4.69, 9.17) is 0 Å². The molecule has 2 aliphatic heterocycles. The van der Waals surface area contributed by atoms with Gasteiger partial charge in [-0.1, -0.05) is 0 Å². The van der Waals surface area contributed by atoms with E-state index in [9.17, 15) is 4.79 Å². The lowest BCUT2D eigenvalue weighted by Crippen LogP contribution is -2.48. The van der Waals surface area contributed by atoms with Crippen molar-refractivity contribution in [3.8, 4) is 0 Å². The Morgan fingerprint density at radius 3 is 2.67 bits per heavy atom. The minimum Gasteiger partial charge on any atom is -0.338 e. The Bertz CT molecular complexity index is 447. The quantitative estimate of drug-likeness (QED) is 0.887. The summed E-state index contributed by atoms with van der Waals surface area (Å²) in [6, 6.07) is 1.62. The zero-order valence-corrected chi connectivity index (χ0v) is 11.7. The average molecular weight is 265 g/mol. The second-order valence-corrected chi connectivity index (χ2v) is 6.30. The number of hydrogen-bond acceptors (Lipinski definition) is 4. The summed E-state index contributed by atoms with van der Waals surface area (Å²) in [5.41, 5.74) is 2.61. The van der Waals surface area contributed by atoms with Crippen molar-refractivity contribution in [2.24, 2.45) is 0 Å². The van der Waals surface area contributed by atoms with Crippen LogP contribution in [0.25, 0.3) is 0 Å². The van der Waals surface area contributed by atoms with Crippen LogP contribution in [0.4, 0.5) is 0 Å². The number of carbonyl (C=O) groups is 1. The van der Waals surface area contributed by atoms with E-state index in [1.54, 1.807) is 5.51 Å². The van der Waals surface area contributed by atoms with Crippen molar-refractivity contribution in [1.29, 1.82) is 0 Å². The first-order valence-corrected chi connectivity index (χ1v) is 7.46. The molecule has 4 nitrogen and oxygen atoms in total. The van der Waals surface area contributed by atoms with Crippen molar-refractivity contribution in [2.45, 2.75) is 50.7 Å². The largest absolute Gasteiger partial charge is 0.338 e. The number of amides is 1. The molecule has 2 saturated heterocycles. The van der Waals surface area contributed by atoms with Crippen LogP contribution in [0.15, 0.2) is 5.51 Å². The Kier molecular flexibility index (Phi) is 3.11. The predicted molar refractivity (Wildman–Crippen MR) is 71.9 cm³/mol. The van der Waals surface area contributed by atoms with Crippen molar-refractivity contribution >= 4 is 17.2 Å². The monoisotopic (exact) mass is 265 g/mol. The number of carbonyl (C=O) groups excluding carboxylic acids is 1. The molecular weight excluding hydrogens is 246 g/mol. The first kappa shape index (κ1) is 12.1. The third kappa shape index (κ3) is 2.06. The van der Waals surface area contributed by atoms with Crippen LogP contribution in [0.5, 0.6) is 0 Å². The molecule has 0 radical (unpaired) electrons. The van der Waals surface area contributed by atoms with Gasteiger partial charge in [-0.05, 0) is 32.6 Å². The third-order valence-corrected chi connectivity index (χ3v) is 5.17. The molecular formula is C13H19N3OS. The van der Waals surface area contributed by atoms with Gasteiger partial charge in [0.25, 0.3) is 5.91 Å². The molecule has 1 N–H and O–H groups in total. The van der Waals surface area contributed by atoms with Crippen molar-refractivity contribution in [2.75, 3.05) is 7.05 Å². The Morgan fingerprint density at radius 2 is 2.11 bits per heavy atom. The Morgan fingerprint density at radius 1 is 1.44 bits per heavy atom. The summed E-state index contributed by atoms with van der Waals surface area (Å²) in [6.45, 7) is 1.91. The molecule has 2 unspecified atom stereocenters. The lowest BCUT2D eigenvalue weighted by atomic mass is 9.98. The lowest BCUT2D eigenvalue weighted by Gasteiger charge is -2.35. The maximum absolute atomic E-state index is 12.4. The van der Waals surface area contributed by atoms with E-state index < -0.39 is 0 Å². The second-order valence-electron chi connectivity index (χ2n) is 5.45. The fourth-order valence-corrected chi connectivity index (χ4v) is 3.96. The fraction of sp³-hybridized carbons (Fsp3) is 0.692. The molecule has 5 heteroatoms. The maximum atomic E-state index is 12.4. The normalized spacial score (nSPS) is 30.4. The minimum absolute atomic E-state index is 0.140. The van der Waals surface area contributed by atoms with E-state index in [0.717, 1.165) is 23.4 Å². The number of fused-ring (bicyclic) bond motifs is 2. The zero-order valence-electron chi connectivity index (χ0n) is 10.8. The molecule has 2 fully saturated rings. The number of piperidine rings is 1. The Hall–Kier alpha value is -0.940. The van der Waals surface area contributed by atoms with Gasteiger partial charge in [-0.25, -0.2) is 4.98 Å². The summed E-state index contributed by atoms with van der Waals surface area (Å²) in [4.78, 5) is 19.3. The highest BCUT2D eigenvalue weighted by Gasteiger charge is 2.36. The number of nitrogens with zero attached hydrogens (tertiary/aromatic N) is 2. The molecule has 1 amide bonds. The van der Waals surface area contributed by atoms with Gasteiger partial charge in [-0.15, -0.1) is 11.3 Å². The van der Waals surface area contributed by atoms with E-state index in [-0.39, 0.29) is 5.91 Å². The second kappa shape index (κ2) is 4.63. The van der Waals surface area contributed by atoms with Gasteiger partial charge in [0, 0.05) is 25.2 Å². The summed E-state index contributed by atoms with van der Waals surface area (Å²) in [6.07, 6.45) is 4.72. The van der Waals surface area contributed by atoms with Crippen LogP contribution in [0, 0.1) is 6.92 Å². The van der Waals surface area contributed by atoms with Crippen LogP contribution in [-0.2, 0) is 0 Å². The van der Waals surface area contributed by atoms with Gasteiger partial charge in [0.2, 0.25) is 0 Å². The molecule has 18 heavy (non-hydrogen) atoms. The van der Waals surface area contributed by atoms with Crippen LogP contribution in [-0.4, -0.2) is 41.0 Å². The summed E-state index contributed by atoms with van der Waals surface area (Å²) in [5.74, 6) is 0.140. The highest BCUT2D eigenvalue weighted by atomic mass is 32.1. The van der Waals surface area contributed by atoms with Crippen LogP contribution < -0.4 is 5.32 Å². The van der Waals surface area contributed by atoms with E-state index in [0.29, 0.717) is 18.1 Å². The molecule has 0 spiro atoms. The number of aryl methyl sites for hydroxylation is 1. The molecule has 3 heterocycles. The predicted octanol–water partition coefficient (Wildman–Crippen LogP) is 1.81. The molecule has 2 bridgehead atoms. The SMILES string of the molecule is Cc1ncsc1C(=O)N(C)C1CC2CCC(C1)N2. The summed E-state index contributed by atoms with van der Waals surface area (Å²) in [5, 5.41) is 3.61. The van der Waals surface area contributed by atoms with Gasteiger partial charge in [-0.2, -0.15) is 0 Å². The molecule has 2 atom stereocenters.